The number of fused-ring (bicyclic) bond motifs is 1. The molecule has 130 valence electrons. The number of rotatable bonds is 8. The number of amides is 1. The van der Waals surface area contributed by atoms with Crippen LogP contribution < -0.4 is 10.9 Å². The standard InChI is InChI=1S/C16H19N7O2/c1-3-4-6-16(20-21-16)7-8-17-13(24)5-9-23-11-18-14-12(15(23)25)10-19-22(14)2/h1,10-11H,4-9H2,2H3,(H,17,24). The van der Waals surface area contributed by atoms with Crippen molar-refractivity contribution in [1.29, 1.82) is 0 Å². The Morgan fingerprint density at radius 2 is 2.20 bits per heavy atom. The van der Waals surface area contributed by atoms with Gasteiger partial charge in [-0.15, -0.1) is 12.3 Å². The summed E-state index contributed by atoms with van der Waals surface area (Å²) in [7, 11) is 1.72. The first-order chi connectivity index (χ1) is 12.0. The van der Waals surface area contributed by atoms with Gasteiger partial charge in [0.05, 0.1) is 12.5 Å². The molecule has 1 amide bonds. The molecule has 1 N–H and O–H groups in total. The molecule has 0 spiro atoms. The van der Waals surface area contributed by atoms with E-state index in [0.717, 1.165) is 0 Å². The Balaban J connectivity index is 1.47. The van der Waals surface area contributed by atoms with Crippen LogP contribution in [0.3, 0.4) is 0 Å². The summed E-state index contributed by atoms with van der Waals surface area (Å²) in [5.41, 5.74) is -0.0686. The molecule has 0 aromatic carbocycles. The van der Waals surface area contributed by atoms with Crippen LogP contribution in [0.15, 0.2) is 27.5 Å². The van der Waals surface area contributed by atoms with Crippen molar-refractivity contribution < 1.29 is 4.79 Å². The molecule has 0 saturated heterocycles. The molecule has 0 unspecified atom stereocenters. The molecule has 2 aromatic rings. The lowest BCUT2D eigenvalue weighted by molar-refractivity contribution is -0.121. The zero-order chi connectivity index (χ0) is 17.9. The molecule has 3 heterocycles. The molecule has 0 atom stereocenters. The number of hydrogen-bond donors (Lipinski definition) is 1. The molecule has 0 saturated carbocycles. The predicted molar refractivity (Wildman–Crippen MR) is 90.7 cm³/mol. The zero-order valence-electron chi connectivity index (χ0n) is 14.0. The molecule has 2 aromatic heterocycles. The topological polar surface area (TPSA) is 107 Å². The average molecular weight is 341 g/mol. The lowest BCUT2D eigenvalue weighted by Gasteiger charge is -2.10. The van der Waals surface area contributed by atoms with Crippen LogP contribution in [-0.2, 0) is 18.4 Å². The lowest BCUT2D eigenvalue weighted by Crippen LogP contribution is -2.30. The van der Waals surface area contributed by atoms with Crippen LogP contribution >= 0.6 is 0 Å². The number of carbonyl (C=O) groups is 1. The molecule has 1 aliphatic heterocycles. The van der Waals surface area contributed by atoms with Crippen LogP contribution in [0.1, 0.15) is 25.7 Å². The highest BCUT2D eigenvalue weighted by atomic mass is 16.1. The van der Waals surface area contributed by atoms with Crippen LogP contribution in [0.5, 0.6) is 0 Å². The second-order valence-corrected chi connectivity index (χ2v) is 5.99. The first-order valence-electron chi connectivity index (χ1n) is 8.06. The molecule has 0 aliphatic carbocycles. The van der Waals surface area contributed by atoms with Crippen molar-refractivity contribution in [3.05, 3.63) is 22.9 Å². The smallest absolute Gasteiger partial charge is 0.264 e. The van der Waals surface area contributed by atoms with Gasteiger partial charge in [-0.1, -0.05) is 0 Å². The average Bonchev–Trinajstić information content (AvgIpc) is 3.27. The minimum absolute atomic E-state index is 0.133. The van der Waals surface area contributed by atoms with Gasteiger partial charge in [0.2, 0.25) is 5.91 Å². The van der Waals surface area contributed by atoms with Crippen molar-refractivity contribution in [2.75, 3.05) is 6.54 Å². The lowest BCUT2D eigenvalue weighted by atomic mass is 10.0. The van der Waals surface area contributed by atoms with Crippen LogP contribution in [0.2, 0.25) is 0 Å². The summed E-state index contributed by atoms with van der Waals surface area (Å²) in [6.45, 7) is 0.741. The molecule has 3 rings (SSSR count). The Morgan fingerprint density at radius 1 is 1.40 bits per heavy atom. The molecule has 0 bridgehead atoms. The highest BCUT2D eigenvalue weighted by Gasteiger charge is 2.38. The van der Waals surface area contributed by atoms with Gasteiger partial charge >= 0.3 is 0 Å². The summed E-state index contributed by atoms with van der Waals surface area (Å²) in [5.74, 6) is 2.44. The van der Waals surface area contributed by atoms with E-state index in [9.17, 15) is 9.59 Å². The van der Waals surface area contributed by atoms with E-state index in [2.05, 4.69) is 31.5 Å². The Morgan fingerprint density at radius 3 is 2.92 bits per heavy atom. The zero-order valence-corrected chi connectivity index (χ0v) is 14.0. The van der Waals surface area contributed by atoms with E-state index in [4.69, 9.17) is 6.42 Å². The molecule has 25 heavy (non-hydrogen) atoms. The van der Waals surface area contributed by atoms with Gasteiger partial charge in [-0.2, -0.15) is 15.3 Å². The number of aromatic nitrogens is 4. The number of carbonyl (C=O) groups excluding carboxylic acids is 1. The van der Waals surface area contributed by atoms with E-state index >= 15 is 0 Å². The van der Waals surface area contributed by atoms with E-state index < -0.39 is 5.66 Å². The van der Waals surface area contributed by atoms with E-state index in [1.54, 1.807) is 7.05 Å². The summed E-state index contributed by atoms with van der Waals surface area (Å²) in [4.78, 5) is 28.5. The van der Waals surface area contributed by atoms with Gasteiger partial charge in [-0.25, -0.2) is 4.98 Å². The van der Waals surface area contributed by atoms with E-state index in [-0.39, 0.29) is 24.4 Å². The fourth-order valence-electron chi connectivity index (χ4n) is 2.61. The second-order valence-electron chi connectivity index (χ2n) is 5.99. The van der Waals surface area contributed by atoms with Crippen LogP contribution in [0.4, 0.5) is 0 Å². The van der Waals surface area contributed by atoms with Crippen molar-refractivity contribution in [3.63, 3.8) is 0 Å². The molecule has 0 fully saturated rings. The van der Waals surface area contributed by atoms with Gasteiger partial charge in [0, 0.05) is 45.8 Å². The van der Waals surface area contributed by atoms with Gasteiger partial charge in [0.15, 0.2) is 11.3 Å². The quantitative estimate of drug-likeness (QED) is 0.710. The Hall–Kier alpha value is -3.02. The number of nitrogens with zero attached hydrogens (tertiary/aromatic N) is 6. The fraction of sp³-hybridized carbons (Fsp3) is 0.500. The van der Waals surface area contributed by atoms with Crippen molar-refractivity contribution in [2.45, 2.75) is 37.9 Å². The number of nitrogens with one attached hydrogen (secondary N) is 1. The van der Waals surface area contributed by atoms with E-state index in [1.165, 1.54) is 21.8 Å². The number of terminal acetylenes is 1. The van der Waals surface area contributed by atoms with E-state index in [1.807, 2.05) is 0 Å². The number of aryl methyl sites for hydroxylation is 2. The maximum Gasteiger partial charge on any atom is 0.264 e. The largest absolute Gasteiger partial charge is 0.356 e. The van der Waals surface area contributed by atoms with Gasteiger partial charge in [-0.05, 0) is 0 Å². The Bertz CT molecular complexity index is 913. The maximum absolute atomic E-state index is 12.3. The third-order valence-electron chi connectivity index (χ3n) is 4.20. The summed E-state index contributed by atoms with van der Waals surface area (Å²) >= 11 is 0. The summed E-state index contributed by atoms with van der Waals surface area (Å²) in [5, 5.41) is 15.3. The molecular weight excluding hydrogens is 322 g/mol. The van der Waals surface area contributed by atoms with E-state index in [0.29, 0.717) is 36.8 Å². The van der Waals surface area contributed by atoms with Crippen molar-refractivity contribution in [2.24, 2.45) is 17.3 Å². The summed E-state index contributed by atoms with van der Waals surface area (Å²) in [6.07, 6.45) is 10.3. The SMILES string of the molecule is C#CCCC1(CCNC(=O)CCn2cnc3c(cnn3C)c2=O)N=N1. The maximum atomic E-state index is 12.3. The molecule has 9 heteroatoms. The third kappa shape index (κ3) is 3.74. The Kier molecular flexibility index (Phi) is 4.61. The third-order valence-corrected chi connectivity index (χ3v) is 4.20. The predicted octanol–water partition coefficient (Wildman–Crippen LogP) is 0.602. The molecule has 9 nitrogen and oxygen atoms in total. The minimum atomic E-state index is -0.397. The molecule has 0 radical (unpaired) electrons. The van der Waals surface area contributed by atoms with Crippen molar-refractivity contribution in [3.8, 4) is 12.3 Å². The molecular formula is C16H19N7O2. The van der Waals surface area contributed by atoms with Crippen LogP contribution in [0, 0.1) is 12.3 Å². The highest BCUT2D eigenvalue weighted by Crippen LogP contribution is 2.35. The highest BCUT2D eigenvalue weighted by molar-refractivity contribution is 5.76. The monoisotopic (exact) mass is 341 g/mol. The van der Waals surface area contributed by atoms with Crippen molar-refractivity contribution >= 4 is 16.9 Å². The summed E-state index contributed by atoms with van der Waals surface area (Å²) < 4.78 is 2.96. The minimum Gasteiger partial charge on any atom is -0.356 e. The van der Waals surface area contributed by atoms with Gasteiger partial charge in [0.1, 0.15) is 5.39 Å². The second kappa shape index (κ2) is 6.84. The van der Waals surface area contributed by atoms with Crippen molar-refractivity contribution in [1.82, 2.24) is 24.6 Å². The first-order valence-corrected chi connectivity index (χ1v) is 8.06. The summed E-state index contributed by atoms with van der Waals surface area (Å²) in [6, 6.07) is 0. The van der Waals surface area contributed by atoms with Crippen LogP contribution in [0.25, 0.3) is 11.0 Å². The molecule has 1 aliphatic rings. The normalized spacial score (nSPS) is 14.4. The Labute approximate surface area is 144 Å². The first kappa shape index (κ1) is 16.8. The van der Waals surface area contributed by atoms with Gasteiger partial charge in [-0.3, -0.25) is 18.8 Å². The van der Waals surface area contributed by atoms with Crippen LogP contribution in [-0.4, -0.2) is 37.4 Å². The number of hydrogen-bond acceptors (Lipinski definition) is 6. The van der Waals surface area contributed by atoms with Gasteiger partial charge < -0.3 is 5.32 Å². The fourth-order valence-corrected chi connectivity index (χ4v) is 2.61. The van der Waals surface area contributed by atoms with Gasteiger partial charge in [0.25, 0.3) is 5.56 Å².